The van der Waals surface area contributed by atoms with Gasteiger partial charge in [0.05, 0.1) is 18.2 Å². The second-order valence-electron chi connectivity index (χ2n) is 8.03. The van der Waals surface area contributed by atoms with Crippen LogP contribution in [0.3, 0.4) is 0 Å². The summed E-state index contributed by atoms with van der Waals surface area (Å²) in [6.45, 7) is 5.27. The molecule has 0 radical (unpaired) electrons. The van der Waals surface area contributed by atoms with Gasteiger partial charge < -0.3 is 14.8 Å². The molecule has 7 nitrogen and oxygen atoms in total. The summed E-state index contributed by atoms with van der Waals surface area (Å²) in [5, 5.41) is 12.7. The van der Waals surface area contributed by atoms with E-state index < -0.39 is 0 Å². The molecule has 30 heavy (non-hydrogen) atoms. The highest BCUT2D eigenvalue weighted by Gasteiger charge is 2.33. The van der Waals surface area contributed by atoms with E-state index in [-0.39, 0.29) is 24.4 Å². The number of hydrogen-bond donors (Lipinski definition) is 1. The number of nitriles is 1. The molecule has 2 aromatic rings. The van der Waals surface area contributed by atoms with Crippen molar-refractivity contribution in [2.45, 2.75) is 39.3 Å². The Kier molecular flexibility index (Phi) is 6.58. The number of anilines is 1. The first-order valence-corrected chi connectivity index (χ1v) is 10.2. The van der Waals surface area contributed by atoms with E-state index in [9.17, 15) is 14.9 Å². The monoisotopic (exact) mass is 407 g/mol. The minimum absolute atomic E-state index is 0.0251. The number of carbonyl (C=O) groups excluding carboxylic acids is 2. The van der Waals surface area contributed by atoms with Gasteiger partial charge in [-0.3, -0.25) is 14.5 Å². The van der Waals surface area contributed by atoms with E-state index in [4.69, 9.17) is 0 Å². The van der Waals surface area contributed by atoms with Crippen molar-refractivity contribution in [2.75, 3.05) is 32.5 Å². The van der Waals surface area contributed by atoms with Crippen LogP contribution in [0, 0.1) is 25.2 Å². The lowest BCUT2D eigenvalue weighted by molar-refractivity contribution is -0.133. The maximum Gasteiger partial charge on any atom is 0.239 e. The maximum atomic E-state index is 12.9. The average Bonchev–Trinajstić information content (AvgIpc) is 3.26. The molecule has 1 atom stereocenters. The van der Waals surface area contributed by atoms with Gasteiger partial charge in [-0.1, -0.05) is 30.3 Å². The van der Waals surface area contributed by atoms with Crippen molar-refractivity contribution in [1.82, 2.24) is 14.4 Å². The van der Waals surface area contributed by atoms with E-state index >= 15 is 0 Å². The topological polar surface area (TPSA) is 81.4 Å². The van der Waals surface area contributed by atoms with Gasteiger partial charge in [0.15, 0.2) is 0 Å². The fraction of sp³-hybridized carbons (Fsp3) is 0.435. The lowest BCUT2D eigenvalue weighted by atomic mass is 10.2. The van der Waals surface area contributed by atoms with Gasteiger partial charge in [0.25, 0.3) is 0 Å². The molecule has 0 unspecified atom stereocenters. The lowest BCUT2D eigenvalue weighted by Crippen LogP contribution is -2.45. The third kappa shape index (κ3) is 4.39. The highest BCUT2D eigenvalue weighted by Crippen LogP contribution is 2.27. The lowest BCUT2D eigenvalue weighted by Gasteiger charge is -2.25. The maximum absolute atomic E-state index is 12.9. The molecule has 1 N–H and O–H groups in total. The molecule has 158 valence electrons. The smallest absolute Gasteiger partial charge is 0.239 e. The number of likely N-dealkylation sites (tertiary alicyclic amines) is 1. The summed E-state index contributed by atoms with van der Waals surface area (Å²) >= 11 is 0. The Hall–Kier alpha value is -3.11. The summed E-state index contributed by atoms with van der Waals surface area (Å²) in [6.07, 6.45) is 1.65. The molecule has 3 rings (SSSR count). The van der Waals surface area contributed by atoms with E-state index in [1.165, 1.54) is 0 Å². The number of aromatic nitrogens is 1. The predicted molar refractivity (Wildman–Crippen MR) is 116 cm³/mol. The van der Waals surface area contributed by atoms with Crippen LogP contribution in [0.15, 0.2) is 30.3 Å². The quantitative estimate of drug-likeness (QED) is 0.798. The zero-order valence-corrected chi connectivity index (χ0v) is 18.1. The Morgan fingerprint density at radius 1 is 1.23 bits per heavy atom. The first kappa shape index (κ1) is 21.6. The predicted octanol–water partition coefficient (Wildman–Crippen LogP) is 2.52. The van der Waals surface area contributed by atoms with Gasteiger partial charge in [-0.05, 0) is 44.4 Å². The average molecular weight is 408 g/mol. The van der Waals surface area contributed by atoms with Crippen LogP contribution in [0.2, 0.25) is 0 Å². The molecule has 1 aliphatic heterocycles. The SMILES string of the molecule is Cc1c(C#N)c(NC(=O)CN2CCC[C@@H]2C(=O)N(C)C)n(Cc2ccccc2)c1C. The summed E-state index contributed by atoms with van der Waals surface area (Å²) in [4.78, 5) is 28.8. The molecule has 1 aromatic heterocycles. The van der Waals surface area contributed by atoms with E-state index in [0.29, 0.717) is 24.5 Å². The number of rotatable bonds is 6. The van der Waals surface area contributed by atoms with Crippen molar-refractivity contribution in [2.24, 2.45) is 0 Å². The second-order valence-corrected chi connectivity index (χ2v) is 8.03. The molecule has 0 saturated carbocycles. The minimum atomic E-state index is -0.263. The van der Waals surface area contributed by atoms with Crippen LogP contribution in [0.5, 0.6) is 0 Å². The Balaban J connectivity index is 1.82. The largest absolute Gasteiger partial charge is 0.347 e. The van der Waals surface area contributed by atoms with Gasteiger partial charge in [-0.15, -0.1) is 0 Å². The van der Waals surface area contributed by atoms with Crippen molar-refractivity contribution in [3.8, 4) is 6.07 Å². The highest BCUT2D eigenvalue weighted by atomic mass is 16.2. The Morgan fingerprint density at radius 2 is 1.93 bits per heavy atom. The molecule has 2 amide bonds. The third-order valence-corrected chi connectivity index (χ3v) is 5.82. The fourth-order valence-electron chi connectivity index (χ4n) is 4.04. The summed E-state index contributed by atoms with van der Waals surface area (Å²) < 4.78 is 1.98. The third-order valence-electron chi connectivity index (χ3n) is 5.82. The van der Waals surface area contributed by atoms with E-state index in [2.05, 4.69) is 11.4 Å². The molecule has 1 aromatic carbocycles. The van der Waals surface area contributed by atoms with Gasteiger partial charge in [-0.25, -0.2) is 0 Å². The number of hydrogen-bond acceptors (Lipinski definition) is 4. The van der Waals surface area contributed by atoms with Gasteiger partial charge >= 0.3 is 0 Å². The Bertz CT molecular complexity index is 972. The highest BCUT2D eigenvalue weighted by molar-refractivity contribution is 5.94. The molecule has 0 bridgehead atoms. The molecule has 1 saturated heterocycles. The van der Waals surface area contributed by atoms with E-state index in [1.807, 2.05) is 53.6 Å². The molecule has 1 fully saturated rings. The normalized spacial score (nSPS) is 16.3. The number of likely N-dealkylation sites (N-methyl/N-ethyl adjacent to an activating group) is 1. The van der Waals surface area contributed by atoms with Crippen molar-refractivity contribution in [3.05, 3.63) is 52.7 Å². The van der Waals surface area contributed by atoms with Crippen molar-refractivity contribution >= 4 is 17.6 Å². The van der Waals surface area contributed by atoms with Crippen molar-refractivity contribution in [1.29, 1.82) is 5.26 Å². The fourth-order valence-corrected chi connectivity index (χ4v) is 4.04. The van der Waals surface area contributed by atoms with Crippen LogP contribution >= 0.6 is 0 Å². The van der Waals surface area contributed by atoms with Crippen LogP contribution < -0.4 is 5.32 Å². The van der Waals surface area contributed by atoms with E-state index in [1.54, 1.807) is 19.0 Å². The van der Waals surface area contributed by atoms with Gasteiger partial charge in [0, 0.05) is 26.3 Å². The zero-order valence-electron chi connectivity index (χ0n) is 18.1. The molecular formula is C23H29N5O2. The van der Waals surface area contributed by atoms with E-state index in [0.717, 1.165) is 29.7 Å². The first-order chi connectivity index (χ1) is 14.3. The zero-order chi connectivity index (χ0) is 21.8. The van der Waals surface area contributed by atoms with Crippen LogP contribution in [0.25, 0.3) is 0 Å². The number of amides is 2. The Labute approximate surface area is 177 Å². The van der Waals surface area contributed by atoms with Crippen LogP contribution in [0.1, 0.15) is 35.2 Å². The van der Waals surface area contributed by atoms with Gasteiger partial charge in [0.1, 0.15) is 11.9 Å². The van der Waals surface area contributed by atoms with Crippen LogP contribution in [-0.4, -0.2) is 59.4 Å². The van der Waals surface area contributed by atoms with Gasteiger partial charge in [-0.2, -0.15) is 5.26 Å². The summed E-state index contributed by atoms with van der Waals surface area (Å²) in [5.41, 5.74) is 3.39. The standard InChI is InChI=1S/C23H29N5O2/c1-16-17(2)28(14-18-9-6-5-7-10-18)22(19(16)13-24)25-21(29)15-27-12-8-11-20(27)23(30)26(3)4/h5-7,9-10,20H,8,11-12,14-15H2,1-4H3,(H,25,29)/t20-/m1/s1. The van der Waals surface area contributed by atoms with Crippen molar-refractivity contribution < 1.29 is 9.59 Å². The Morgan fingerprint density at radius 3 is 2.57 bits per heavy atom. The molecular weight excluding hydrogens is 378 g/mol. The molecule has 1 aliphatic rings. The van der Waals surface area contributed by atoms with Crippen molar-refractivity contribution in [3.63, 3.8) is 0 Å². The second kappa shape index (κ2) is 9.14. The summed E-state index contributed by atoms with van der Waals surface area (Å²) in [7, 11) is 3.47. The summed E-state index contributed by atoms with van der Waals surface area (Å²) in [6, 6.07) is 11.9. The van der Waals surface area contributed by atoms with Crippen LogP contribution in [-0.2, 0) is 16.1 Å². The van der Waals surface area contributed by atoms with Crippen LogP contribution in [0.4, 0.5) is 5.82 Å². The molecule has 2 heterocycles. The first-order valence-electron chi connectivity index (χ1n) is 10.2. The number of nitrogens with zero attached hydrogens (tertiary/aromatic N) is 4. The number of carbonyl (C=O) groups is 2. The molecule has 0 spiro atoms. The van der Waals surface area contributed by atoms with Gasteiger partial charge in [0.2, 0.25) is 11.8 Å². The minimum Gasteiger partial charge on any atom is -0.347 e. The summed E-state index contributed by atoms with van der Waals surface area (Å²) in [5.74, 6) is 0.338. The number of nitrogens with one attached hydrogen (secondary N) is 1. The molecule has 7 heteroatoms. The number of benzene rings is 1. The molecule has 0 aliphatic carbocycles.